The Balaban J connectivity index is 1.79. The van der Waals surface area contributed by atoms with Gasteiger partial charge in [0.25, 0.3) is 5.91 Å². The Morgan fingerprint density at radius 1 is 1.35 bits per heavy atom. The number of hydrogen-bond acceptors (Lipinski definition) is 5. The summed E-state index contributed by atoms with van der Waals surface area (Å²) in [6, 6.07) is 5.76. The number of carboxylic acids is 1. The van der Waals surface area contributed by atoms with Crippen LogP contribution in [-0.2, 0) is 6.54 Å². The van der Waals surface area contributed by atoms with E-state index in [1.807, 2.05) is 32.0 Å². The Bertz CT molecular complexity index is 910. The Kier molecular flexibility index (Phi) is 3.87. The molecule has 6 nitrogen and oxygen atoms in total. The van der Waals surface area contributed by atoms with Gasteiger partial charge in [-0.3, -0.25) is 4.79 Å². The number of carboxylic acid groups (broad SMARTS) is 1. The number of aryl methyl sites for hydroxylation is 2. The summed E-state index contributed by atoms with van der Waals surface area (Å²) in [4.78, 5) is 27.0. The van der Waals surface area contributed by atoms with Crippen LogP contribution in [0, 0.1) is 13.8 Å². The maximum atomic E-state index is 12.3. The zero-order valence-electron chi connectivity index (χ0n) is 12.5. The summed E-state index contributed by atoms with van der Waals surface area (Å²) in [6.45, 7) is 3.92. The van der Waals surface area contributed by atoms with E-state index in [9.17, 15) is 9.59 Å². The van der Waals surface area contributed by atoms with E-state index >= 15 is 0 Å². The SMILES string of the molecule is Cc1c(C(=O)NCc2nc(C(=O)O)cs2)oc2c(C)cccc12. The number of nitrogens with zero attached hydrogens (tertiary/aromatic N) is 1. The highest BCUT2D eigenvalue weighted by molar-refractivity contribution is 7.09. The number of benzene rings is 1. The average Bonchev–Trinajstić information content (AvgIpc) is 3.11. The molecule has 0 radical (unpaired) electrons. The number of carbonyl (C=O) groups excluding carboxylic acids is 1. The van der Waals surface area contributed by atoms with Crippen LogP contribution in [0.5, 0.6) is 0 Å². The first kappa shape index (κ1) is 15.2. The Hall–Kier alpha value is -2.67. The van der Waals surface area contributed by atoms with E-state index in [0.29, 0.717) is 10.6 Å². The van der Waals surface area contributed by atoms with E-state index in [2.05, 4.69) is 10.3 Å². The molecular weight excluding hydrogens is 316 g/mol. The third-order valence-electron chi connectivity index (χ3n) is 3.54. The molecule has 0 saturated carbocycles. The number of aromatic carboxylic acids is 1. The normalized spacial score (nSPS) is 10.9. The fourth-order valence-electron chi connectivity index (χ4n) is 2.33. The van der Waals surface area contributed by atoms with E-state index in [0.717, 1.165) is 16.5 Å². The number of fused-ring (bicyclic) bond motifs is 1. The van der Waals surface area contributed by atoms with Crippen molar-refractivity contribution in [1.82, 2.24) is 10.3 Å². The van der Waals surface area contributed by atoms with Gasteiger partial charge in [0.05, 0.1) is 6.54 Å². The molecule has 2 heterocycles. The van der Waals surface area contributed by atoms with Crippen molar-refractivity contribution in [1.29, 1.82) is 0 Å². The summed E-state index contributed by atoms with van der Waals surface area (Å²) in [7, 11) is 0. The first-order valence-electron chi connectivity index (χ1n) is 6.92. The number of aromatic nitrogens is 1. The Labute approximate surface area is 135 Å². The molecule has 1 amide bonds. The molecule has 7 heteroatoms. The highest BCUT2D eigenvalue weighted by atomic mass is 32.1. The van der Waals surface area contributed by atoms with Gasteiger partial charge in [-0.15, -0.1) is 11.3 Å². The molecule has 2 aromatic heterocycles. The lowest BCUT2D eigenvalue weighted by molar-refractivity contribution is 0.0691. The minimum Gasteiger partial charge on any atom is -0.476 e. The molecule has 1 aromatic carbocycles. The Morgan fingerprint density at radius 2 is 2.13 bits per heavy atom. The van der Waals surface area contributed by atoms with Crippen LogP contribution in [0.4, 0.5) is 0 Å². The quantitative estimate of drug-likeness (QED) is 0.766. The van der Waals surface area contributed by atoms with Crippen molar-refractivity contribution in [3.63, 3.8) is 0 Å². The molecule has 0 aliphatic heterocycles. The Morgan fingerprint density at radius 3 is 2.78 bits per heavy atom. The maximum Gasteiger partial charge on any atom is 0.355 e. The van der Waals surface area contributed by atoms with Crippen LogP contribution < -0.4 is 5.32 Å². The van der Waals surface area contributed by atoms with E-state index in [1.165, 1.54) is 16.7 Å². The van der Waals surface area contributed by atoms with Gasteiger partial charge in [0, 0.05) is 16.3 Å². The molecule has 0 fully saturated rings. The van der Waals surface area contributed by atoms with Crippen LogP contribution in [0.15, 0.2) is 28.0 Å². The van der Waals surface area contributed by atoms with Crippen LogP contribution in [0.3, 0.4) is 0 Å². The third kappa shape index (κ3) is 2.83. The summed E-state index contributed by atoms with van der Waals surface area (Å²) in [6.07, 6.45) is 0. The highest BCUT2D eigenvalue weighted by Gasteiger charge is 2.18. The first-order valence-corrected chi connectivity index (χ1v) is 7.80. The largest absolute Gasteiger partial charge is 0.476 e. The van der Waals surface area contributed by atoms with E-state index in [1.54, 1.807) is 0 Å². The summed E-state index contributed by atoms with van der Waals surface area (Å²) >= 11 is 1.19. The summed E-state index contributed by atoms with van der Waals surface area (Å²) < 4.78 is 5.70. The number of hydrogen-bond donors (Lipinski definition) is 2. The third-order valence-corrected chi connectivity index (χ3v) is 4.39. The van der Waals surface area contributed by atoms with Gasteiger partial charge in [-0.1, -0.05) is 18.2 Å². The molecule has 0 saturated heterocycles. The van der Waals surface area contributed by atoms with Gasteiger partial charge in [0.1, 0.15) is 10.6 Å². The zero-order chi connectivity index (χ0) is 16.6. The zero-order valence-corrected chi connectivity index (χ0v) is 13.4. The molecule has 3 rings (SSSR count). The number of amides is 1. The van der Waals surface area contributed by atoms with Crippen LogP contribution >= 0.6 is 11.3 Å². The number of carbonyl (C=O) groups is 2. The molecule has 118 valence electrons. The molecule has 0 unspecified atom stereocenters. The van der Waals surface area contributed by atoms with Crippen molar-refractivity contribution in [3.05, 3.63) is 51.2 Å². The van der Waals surface area contributed by atoms with E-state index < -0.39 is 5.97 Å². The summed E-state index contributed by atoms with van der Waals surface area (Å²) in [5, 5.41) is 14.4. The van der Waals surface area contributed by atoms with Crippen molar-refractivity contribution < 1.29 is 19.1 Å². The monoisotopic (exact) mass is 330 g/mol. The molecule has 0 bridgehead atoms. The van der Waals surface area contributed by atoms with Crippen molar-refractivity contribution >= 4 is 34.2 Å². The minimum atomic E-state index is -1.08. The van der Waals surface area contributed by atoms with Crippen LogP contribution in [-0.4, -0.2) is 22.0 Å². The maximum absolute atomic E-state index is 12.3. The van der Waals surface area contributed by atoms with Crippen molar-refractivity contribution in [2.24, 2.45) is 0 Å². The topological polar surface area (TPSA) is 92.4 Å². The number of rotatable bonds is 4. The van der Waals surface area contributed by atoms with E-state index in [4.69, 9.17) is 9.52 Å². The lowest BCUT2D eigenvalue weighted by Crippen LogP contribution is -2.23. The average molecular weight is 330 g/mol. The second kappa shape index (κ2) is 5.85. The van der Waals surface area contributed by atoms with Gasteiger partial charge in [-0.25, -0.2) is 9.78 Å². The van der Waals surface area contributed by atoms with Gasteiger partial charge >= 0.3 is 5.97 Å². The molecule has 0 aliphatic carbocycles. The standard InChI is InChI=1S/C16H14N2O4S/c1-8-4-3-5-10-9(2)14(22-13(8)10)15(19)17-6-12-18-11(7-23-12)16(20)21/h3-5,7H,6H2,1-2H3,(H,17,19)(H,20,21). The second-order valence-corrected chi connectivity index (χ2v) is 6.06. The summed E-state index contributed by atoms with van der Waals surface area (Å²) in [5.41, 5.74) is 2.44. The predicted octanol–water partition coefficient (Wildman–Crippen LogP) is 3.13. The smallest absolute Gasteiger partial charge is 0.355 e. The van der Waals surface area contributed by atoms with Gasteiger partial charge < -0.3 is 14.8 Å². The van der Waals surface area contributed by atoms with Crippen molar-refractivity contribution in [2.75, 3.05) is 0 Å². The molecule has 0 aliphatic rings. The van der Waals surface area contributed by atoms with E-state index in [-0.39, 0.29) is 23.9 Å². The lowest BCUT2D eigenvalue weighted by Gasteiger charge is -2.01. The van der Waals surface area contributed by atoms with Crippen LogP contribution in [0.25, 0.3) is 11.0 Å². The molecule has 0 spiro atoms. The number of nitrogens with one attached hydrogen (secondary N) is 1. The van der Waals surface area contributed by atoms with Gasteiger partial charge in [0.15, 0.2) is 11.5 Å². The highest BCUT2D eigenvalue weighted by Crippen LogP contribution is 2.27. The first-order chi connectivity index (χ1) is 11.0. The number of furan rings is 1. The van der Waals surface area contributed by atoms with Gasteiger partial charge in [-0.05, 0) is 19.4 Å². The van der Waals surface area contributed by atoms with Crippen LogP contribution in [0.1, 0.15) is 37.2 Å². The van der Waals surface area contributed by atoms with Crippen molar-refractivity contribution in [2.45, 2.75) is 20.4 Å². The fourth-order valence-corrected chi connectivity index (χ4v) is 3.04. The lowest BCUT2D eigenvalue weighted by atomic mass is 10.1. The van der Waals surface area contributed by atoms with Crippen molar-refractivity contribution in [3.8, 4) is 0 Å². The summed E-state index contributed by atoms with van der Waals surface area (Å²) in [5.74, 6) is -1.16. The van der Waals surface area contributed by atoms with Crippen LogP contribution in [0.2, 0.25) is 0 Å². The molecule has 2 N–H and O–H groups in total. The second-order valence-electron chi connectivity index (χ2n) is 5.12. The van der Waals surface area contributed by atoms with Gasteiger partial charge in [-0.2, -0.15) is 0 Å². The fraction of sp³-hybridized carbons (Fsp3) is 0.188. The predicted molar refractivity (Wildman–Crippen MR) is 85.9 cm³/mol. The molecular formula is C16H14N2O4S. The number of thiazole rings is 1. The molecule has 0 atom stereocenters. The number of para-hydroxylation sites is 1. The molecule has 3 aromatic rings. The van der Waals surface area contributed by atoms with Gasteiger partial charge in [0.2, 0.25) is 0 Å². The minimum absolute atomic E-state index is 0.0187. The molecule has 23 heavy (non-hydrogen) atoms.